The number of carboxylic acids is 1. The van der Waals surface area contributed by atoms with Crippen molar-refractivity contribution in [2.24, 2.45) is 11.8 Å². The standard InChI is InChI=1S/C17H25NO2S/c1-17(2,3)14-8-7-12(21-14)10-18-9-11-5-4-6-13(11)15(18)16(19)20/h7-8,11,13,15H,4-6,9-10H2,1-3H3,(H,19,20). The smallest absolute Gasteiger partial charge is 0.321 e. The van der Waals surface area contributed by atoms with Crippen molar-refractivity contribution in [3.05, 3.63) is 21.9 Å². The predicted octanol–water partition coefficient (Wildman–Crippen LogP) is 3.73. The highest BCUT2D eigenvalue weighted by molar-refractivity contribution is 7.12. The highest BCUT2D eigenvalue weighted by Gasteiger charge is 2.47. The second-order valence-electron chi connectivity index (χ2n) is 7.58. The van der Waals surface area contributed by atoms with E-state index in [-0.39, 0.29) is 11.5 Å². The zero-order valence-electron chi connectivity index (χ0n) is 13.1. The number of nitrogens with zero attached hydrogens (tertiary/aromatic N) is 1. The van der Waals surface area contributed by atoms with Crippen LogP contribution in [0.3, 0.4) is 0 Å². The number of carboxylic acid groups (broad SMARTS) is 1. The molecule has 2 aliphatic rings. The SMILES string of the molecule is CC(C)(C)c1ccc(CN2CC3CCCC3C2C(=O)O)s1. The topological polar surface area (TPSA) is 40.5 Å². The lowest BCUT2D eigenvalue weighted by atomic mass is 9.94. The first-order valence-corrected chi connectivity index (χ1v) is 8.74. The summed E-state index contributed by atoms with van der Waals surface area (Å²) in [6.45, 7) is 8.43. The van der Waals surface area contributed by atoms with Crippen molar-refractivity contribution in [2.45, 2.75) is 58.0 Å². The Kier molecular flexibility index (Phi) is 3.87. The highest BCUT2D eigenvalue weighted by atomic mass is 32.1. The number of hydrogen-bond donors (Lipinski definition) is 1. The van der Waals surface area contributed by atoms with Gasteiger partial charge in [0, 0.05) is 22.8 Å². The Morgan fingerprint density at radius 2 is 2.14 bits per heavy atom. The molecule has 0 aromatic carbocycles. The van der Waals surface area contributed by atoms with Gasteiger partial charge in [-0.1, -0.05) is 27.2 Å². The lowest BCUT2D eigenvalue weighted by molar-refractivity contribution is -0.143. The van der Waals surface area contributed by atoms with E-state index < -0.39 is 5.97 Å². The zero-order valence-corrected chi connectivity index (χ0v) is 13.9. The maximum Gasteiger partial charge on any atom is 0.321 e. The van der Waals surface area contributed by atoms with Crippen LogP contribution >= 0.6 is 11.3 Å². The van der Waals surface area contributed by atoms with Crippen molar-refractivity contribution >= 4 is 17.3 Å². The Labute approximate surface area is 131 Å². The summed E-state index contributed by atoms with van der Waals surface area (Å²) in [5.41, 5.74) is 0.177. The van der Waals surface area contributed by atoms with Crippen LogP contribution in [0.5, 0.6) is 0 Å². The van der Waals surface area contributed by atoms with Gasteiger partial charge in [0.05, 0.1) is 0 Å². The molecular formula is C17H25NO2S. The fourth-order valence-electron chi connectivity index (χ4n) is 3.96. The molecule has 3 unspecified atom stereocenters. The average molecular weight is 307 g/mol. The first kappa shape index (κ1) is 15.0. The summed E-state index contributed by atoms with van der Waals surface area (Å²) in [7, 11) is 0. The van der Waals surface area contributed by atoms with Crippen LogP contribution in [0.15, 0.2) is 12.1 Å². The van der Waals surface area contributed by atoms with Crippen LogP contribution in [0.4, 0.5) is 0 Å². The van der Waals surface area contributed by atoms with Crippen LogP contribution in [0.25, 0.3) is 0 Å². The molecule has 1 N–H and O–H groups in total. The molecule has 0 bridgehead atoms. The van der Waals surface area contributed by atoms with Crippen LogP contribution in [0.1, 0.15) is 49.8 Å². The highest BCUT2D eigenvalue weighted by Crippen LogP contribution is 2.43. The van der Waals surface area contributed by atoms with E-state index in [0.29, 0.717) is 11.8 Å². The van der Waals surface area contributed by atoms with E-state index in [4.69, 9.17) is 0 Å². The molecule has 3 nitrogen and oxygen atoms in total. The van der Waals surface area contributed by atoms with Gasteiger partial charge in [0.15, 0.2) is 0 Å². The fourth-order valence-corrected chi connectivity index (χ4v) is 5.05. The first-order valence-electron chi connectivity index (χ1n) is 7.92. The van der Waals surface area contributed by atoms with Crippen molar-refractivity contribution in [3.63, 3.8) is 0 Å². The third-order valence-corrected chi connectivity index (χ3v) is 6.49. The van der Waals surface area contributed by atoms with Gasteiger partial charge in [0.1, 0.15) is 6.04 Å². The van der Waals surface area contributed by atoms with E-state index in [1.54, 1.807) is 0 Å². The van der Waals surface area contributed by atoms with Gasteiger partial charge in [-0.25, -0.2) is 0 Å². The van der Waals surface area contributed by atoms with Crippen molar-refractivity contribution in [1.29, 1.82) is 0 Å². The maximum absolute atomic E-state index is 11.7. The molecule has 1 aliphatic heterocycles. The van der Waals surface area contributed by atoms with Gasteiger partial charge >= 0.3 is 5.97 Å². The second-order valence-corrected chi connectivity index (χ2v) is 8.75. The molecule has 0 radical (unpaired) electrons. The van der Waals surface area contributed by atoms with Gasteiger partial charge in [-0.05, 0) is 42.2 Å². The summed E-state index contributed by atoms with van der Waals surface area (Å²) in [4.78, 5) is 16.6. The second kappa shape index (κ2) is 5.40. The summed E-state index contributed by atoms with van der Waals surface area (Å²) < 4.78 is 0. The van der Waals surface area contributed by atoms with Gasteiger partial charge in [0.2, 0.25) is 0 Å². The Bertz CT molecular complexity index is 531. The summed E-state index contributed by atoms with van der Waals surface area (Å²) >= 11 is 1.83. The lowest BCUT2D eigenvalue weighted by Crippen LogP contribution is -2.38. The van der Waals surface area contributed by atoms with E-state index >= 15 is 0 Å². The Morgan fingerprint density at radius 1 is 1.38 bits per heavy atom. The maximum atomic E-state index is 11.7. The van der Waals surface area contributed by atoms with Crippen molar-refractivity contribution < 1.29 is 9.90 Å². The number of hydrogen-bond acceptors (Lipinski definition) is 3. The zero-order chi connectivity index (χ0) is 15.2. The quantitative estimate of drug-likeness (QED) is 0.925. The minimum atomic E-state index is -0.628. The van der Waals surface area contributed by atoms with E-state index in [1.165, 1.54) is 22.6 Å². The van der Waals surface area contributed by atoms with Crippen molar-refractivity contribution in [1.82, 2.24) is 4.90 Å². The Balaban J connectivity index is 1.75. The molecule has 1 saturated heterocycles. The van der Waals surface area contributed by atoms with Gasteiger partial charge in [-0.3, -0.25) is 9.69 Å². The molecule has 0 amide bonds. The average Bonchev–Trinajstić information content (AvgIpc) is 3.01. The largest absolute Gasteiger partial charge is 0.480 e. The van der Waals surface area contributed by atoms with Crippen LogP contribution in [-0.2, 0) is 16.8 Å². The molecule has 1 aromatic heterocycles. The number of carbonyl (C=O) groups is 1. The monoisotopic (exact) mass is 307 g/mol. The summed E-state index contributed by atoms with van der Waals surface area (Å²) in [5.74, 6) is 0.356. The van der Waals surface area contributed by atoms with Crippen LogP contribution < -0.4 is 0 Å². The van der Waals surface area contributed by atoms with Crippen LogP contribution in [-0.4, -0.2) is 28.6 Å². The van der Waals surface area contributed by atoms with Crippen molar-refractivity contribution in [3.8, 4) is 0 Å². The molecule has 2 fully saturated rings. The number of likely N-dealkylation sites (tertiary alicyclic amines) is 1. The minimum Gasteiger partial charge on any atom is -0.480 e. The summed E-state index contributed by atoms with van der Waals surface area (Å²) in [6, 6.07) is 4.11. The van der Waals surface area contributed by atoms with E-state index in [0.717, 1.165) is 19.5 Å². The lowest BCUT2D eigenvalue weighted by Gasteiger charge is -2.23. The molecule has 4 heteroatoms. The molecular weight excluding hydrogens is 282 g/mol. The van der Waals surface area contributed by atoms with Crippen LogP contribution in [0, 0.1) is 11.8 Å². The predicted molar refractivity (Wildman–Crippen MR) is 85.7 cm³/mol. The first-order chi connectivity index (χ1) is 9.86. The molecule has 1 aromatic rings. The molecule has 116 valence electrons. The number of fused-ring (bicyclic) bond motifs is 1. The normalized spacial score (nSPS) is 29.8. The number of rotatable bonds is 3. The van der Waals surface area contributed by atoms with E-state index in [1.807, 2.05) is 11.3 Å². The Morgan fingerprint density at radius 3 is 2.76 bits per heavy atom. The molecule has 21 heavy (non-hydrogen) atoms. The Hall–Kier alpha value is -0.870. The molecule has 2 heterocycles. The third kappa shape index (κ3) is 2.88. The molecule has 3 atom stereocenters. The molecule has 1 aliphatic carbocycles. The van der Waals surface area contributed by atoms with Gasteiger partial charge in [-0.15, -0.1) is 11.3 Å². The number of aliphatic carboxylic acids is 1. The van der Waals surface area contributed by atoms with E-state index in [2.05, 4.69) is 37.8 Å². The van der Waals surface area contributed by atoms with Gasteiger partial charge < -0.3 is 5.11 Å². The minimum absolute atomic E-state index is 0.177. The van der Waals surface area contributed by atoms with Gasteiger partial charge in [-0.2, -0.15) is 0 Å². The van der Waals surface area contributed by atoms with Gasteiger partial charge in [0.25, 0.3) is 0 Å². The fraction of sp³-hybridized carbons (Fsp3) is 0.706. The van der Waals surface area contributed by atoms with Crippen LogP contribution in [0.2, 0.25) is 0 Å². The number of thiophene rings is 1. The third-order valence-electron chi connectivity index (χ3n) is 5.00. The van der Waals surface area contributed by atoms with Crippen molar-refractivity contribution in [2.75, 3.05) is 6.54 Å². The van der Waals surface area contributed by atoms with E-state index in [9.17, 15) is 9.90 Å². The summed E-state index contributed by atoms with van der Waals surface area (Å²) in [6.07, 6.45) is 3.51. The summed E-state index contributed by atoms with van der Waals surface area (Å²) in [5, 5.41) is 9.60. The molecule has 3 rings (SSSR count). The molecule has 0 spiro atoms. The molecule has 1 saturated carbocycles.